The van der Waals surface area contributed by atoms with Gasteiger partial charge in [0.1, 0.15) is 17.6 Å². The number of carbonyl (C=O) groups is 2. The summed E-state index contributed by atoms with van der Waals surface area (Å²) >= 11 is 0. The SMILES string of the molecule is Cc1cc(NC(=O)C2CCCN2C(=O)c2nc(C3CC3)n3ccccc23)no1. The van der Waals surface area contributed by atoms with Crippen LogP contribution in [0.3, 0.4) is 0 Å². The van der Waals surface area contributed by atoms with Crippen molar-refractivity contribution in [1.82, 2.24) is 19.4 Å². The van der Waals surface area contributed by atoms with Crippen LogP contribution >= 0.6 is 0 Å². The highest BCUT2D eigenvalue weighted by atomic mass is 16.5. The average molecular weight is 379 g/mol. The van der Waals surface area contributed by atoms with Crippen LogP contribution in [0.2, 0.25) is 0 Å². The molecule has 8 nitrogen and oxygen atoms in total. The Morgan fingerprint density at radius 1 is 1.25 bits per heavy atom. The van der Waals surface area contributed by atoms with Crippen molar-refractivity contribution in [2.24, 2.45) is 0 Å². The molecular formula is C20H21N5O3. The second-order valence-electron chi connectivity index (χ2n) is 7.52. The highest BCUT2D eigenvalue weighted by Crippen LogP contribution is 2.40. The summed E-state index contributed by atoms with van der Waals surface area (Å²) in [7, 11) is 0. The second kappa shape index (κ2) is 6.47. The maximum atomic E-state index is 13.3. The smallest absolute Gasteiger partial charge is 0.275 e. The zero-order valence-corrected chi connectivity index (χ0v) is 15.6. The Hall–Kier alpha value is -3.16. The van der Waals surface area contributed by atoms with Crippen LogP contribution in [0, 0.1) is 6.92 Å². The van der Waals surface area contributed by atoms with Gasteiger partial charge < -0.3 is 19.1 Å². The molecule has 3 aromatic rings. The summed E-state index contributed by atoms with van der Waals surface area (Å²) in [5, 5.41) is 6.55. The van der Waals surface area contributed by atoms with Crippen molar-refractivity contribution in [3.63, 3.8) is 0 Å². The molecule has 2 aliphatic rings. The summed E-state index contributed by atoms with van der Waals surface area (Å²) in [5.74, 6) is 1.91. The van der Waals surface area contributed by atoms with Gasteiger partial charge in [0.25, 0.3) is 5.91 Å². The molecule has 1 saturated heterocycles. The molecule has 1 atom stereocenters. The highest BCUT2D eigenvalue weighted by molar-refractivity contribution is 6.03. The number of aryl methyl sites for hydroxylation is 1. The zero-order valence-electron chi connectivity index (χ0n) is 15.6. The lowest BCUT2D eigenvalue weighted by atomic mass is 10.2. The monoisotopic (exact) mass is 379 g/mol. The predicted molar refractivity (Wildman–Crippen MR) is 101 cm³/mol. The first kappa shape index (κ1) is 17.0. The first-order valence-electron chi connectivity index (χ1n) is 9.64. The van der Waals surface area contributed by atoms with E-state index in [0.29, 0.717) is 36.2 Å². The first-order valence-corrected chi connectivity index (χ1v) is 9.64. The van der Waals surface area contributed by atoms with E-state index in [9.17, 15) is 9.59 Å². The summed E-state index contributed by atoms with van der Waals surface area (Å²) in [6.45, 7) is 2.30. The normalized spacial score (nSPS) is 19.3. The molecule has 2 amide bonds. The fraction of sp³-hybridized carbons (Fsp3) is 0.400. The van der Waals surface area contributed by atoms with Gasteiger partial charge in [-0.3, -0.25) is 9.59 Å². The van der Waals surface area contributed by atoms with Crippen molar-refractivity contribution >= 4 is 23.1 Å². The van der Waals surface area contributed by atoms with Gasteiger partial charge in [-0.15, -0.1) is 0 Å². The van der Waals surface area contributed by atoms with Crippen molar-refractivity contribution in [1.29, 1.82) is 0 Å². The number of fused-ring (bicyclic) bond motifs is 1. The van der Waals surface area contributed by atoms with E-state index >= 15 is 0 Å². The van der Waals surface area contributed by atoms with Gasteiger partial charge in [0.05, 0.1) is 5.52 Å². The zero-order chi connectivity index (χ0) is 19.3. The predicted octanol–water partition coefficient (Wildman–Crippen LogP) is 2.75. The number of imidazole rings is 1. The van der Waals surface area contributed by atoms with Crippen LogP contribution < -0.4 is 5.32 Å². The molecule has 1 unspecified atom stereocenters. The summed E-state index contributed by atoms with van der Waals surface area (Å²) in [6, 6.07) is 6.89. The van der Waals surface area contributed by atoms with E-state index in [-0.39, 0.29) is 11.8 Å². The Labute approximate surface area is 161 Å². The molecule has 5 rings (SSSR count). The summed E-state index contributed by atoms with van der Waals surface area (Å²) in [5.41, 5.74) is 1.23. The Balaban J connectivity index is 1.43. The molecule has 1 aliphatic carbocycles. The van der Waals surface area contributed by atoms with Gasteiger partial charge in [-0.1, -0.05) is 11.2 Å². The van der Waals surface area contributed by atoms with Gasteiger partial charge in [0, 0.05) is 24.7 Å². The largest absolute Gasteiger partial charge is 0.360 e. The van der Waals surface area contributed by atoms with Crippen LogP contribution in [-0.4, -0.2) is 43.8 Å². The Morgan fingerprint density at radius 2 is 2.11 bits per heavy atom. The maximum absolute atomic E-state index is 13.3. The van der Waals surface area contributed by atoms with Crippen LogP contribution in [0.5, 0.6) is 0 Å². The van der Waals surface area contributed by atoms with Gasteiger partial charge in [0.15, 0.2) is 11.5 Å². The van der Waals surface area contributed by atoms with Crippen LogP contribution in [0.15, 0.2) is 35.0 Å². The minimum Gasteiger partial charge on any atom is -0.360 e. The van der Waals surface area contributed by atoms with E-state index in [4.69, 9.17) is 4.52 Å². The Morgan fingerprint density at radius 3 is 2.86 bits per heavy atom. The van der Waals surface area contributed by atoms with Crippen molar-refractivity contribution in [3.8, 4) is 0 Å². The molecule has 0 spiro atoms. The van der Waals surface area contributed by atoms with Gasteiger partial charge >= 0.3 is 0 Å². The Bertz CT molecular complexity index is 1060. The topological polar surface area (TPSA) is 92.7 Å². The van der Waals surface area contributed by atoms with Crippen LogP contribution in [-0.2, 0) is 4.79 Å². The van der Waals surface area contributed by atoms with Gasteiger partial charge in [0.2, 0.25) is 5.91 Å². The fourth-order valence-corrected chi connectivity index (χ4v) is 3.90. The maximum Gasteiger partial charge on any atom is 0.275 e. The van der Waals surface area contributed by atoms with E-state index in [2.05, 4.69) is 15.5 Å². The second-order valence-corrected chi connectivity index (χ2v) is 7.52. The number of amides is 2. The highest BCUT2D eigenvalue weighted by Gasteiger charge is 2.38. The van der Waals surface area contributed by atoms with Crippen molar-refractivity contribution in [2.45, 2.75) is 44.6 Å². The fourth-order valence-electron chi connectivity index (χ4n) is 3.90. The molecule has 0 radical (unpaired) electrons. The lowest BCUT2D eigenvalue weighted by molar-refractivity contribution is -0.119. The summed E-state index contributed by atoms with van der Waals surface area (Å²) in [6.07, 6.45) is 5.56. The van der Waals surface area contributed by atoms with Crippen molar-refractivity contribution < 1.29 is 14.1 Å². The first-order chi connectivity index (χ1) is 13.6. The number of hydrogen-bond donors (Lipinski definition) is 1. The molecule has 2 fully saturated rings. The average Bonchev–Trinajstić information content (AvgIpc) is 3.12. The molecule has 4 heterocycles. The molecule has 8 heteroatoms. The summed E-state index contributed by atoms with van der Waals surface area (Å²) < 4.78 is 7.00. The van der Waals surface area contributed by atoms with Crippen LogP contribution in [0.25, 0.3) is 5.52 Å². The van der Waals surface area contributed by atoms with Crippen molar-refractivity contribution in [3.05, 3.63) is 47.7 Å². The Kier molecular flexibility index (Phi) is 3.92. The number of carbonyl (C=O) groups excluding carboxylic acids is 2. The van der Waals surface area contributed by atoms with E-state index in [1.807, 2.05) is 28.8 Å². The number of pyridine rings is 1. The number of rotatable bonds is 4. The van der Waals surface area contributed by atoms with Crippen LogP contribution in [0.4, 0.5) is 5.82 Å². The molecule has 1 aliphatic heterocycles. The molecule has 28 heavy (non-hydrogen) atoms. The van der Waals surface area contributed by atoms with E-state index in [1.54, 1.807) is 17.9 Å². The minimum absolute atomic E-state index is 0.190. The van der Waals surface area contributed by atoms with Crippen molar-refractivity contribution in [2.75, 3.05) is 11.9 Å². The van der Waals surface area contributed by atoms with Gasteiger partial charge in [-0.2, -0.15) is 0 Å². The third-order valence-electron chi connectivity index (χ3n) is 5.42. The standard InChI is InChI=1S/C20H21N5O3/c1-12-11-16(23-28-12)21-19(26)15-6-4-10-25(15)20(27)17-14-5-2-3-9-24(14)18(22-17)13-7-8-13/h2-3,5,9,11,13,15H,4,6-8,10H2,1H3,(H,21,23,26). The van der Waals surface area contributed by atoms with Gasteiger partial charge in [-0.05, 0) is 44.7 Å². The number of likely N-dealkylation sites (tertiary alicyclic amines) is 1. The van der Waals surface area contributed by atoms with E-state index in [1.165, 1.54) is 0 Å². The molecule has 0 aromatic carbocycles. The summed E-state index contributed by atoms with van der Waals surface area (Å²) in [4.78, 5) is 32.4. The number of anilines is 1. The quantitative estimate of drug-likeness (QED) is 0.752. The molecule has 3 aromatic heterocycles. The molecular weight excluding hydrogens is 358 g/mol. The van der Waals surface area contributed by atoms with Gasteiger partial charge in [-0.25, -0.2) is 4.98 Å². The third-order valence-corrected chi connectivity index (χ3v) is 5.42. The minimum atomic E-state index is -0.533. The number of nitrogens with zero attached hydrogens (tertiary/aromatic N) is 4. The lowest BCUT2D eigenvalue weighted by Crippen LogP contribution is -2.43. The van der Waals surface area contributed by atoms with E-state index in [0.717, 1.165) is 30.6 Å². The molecule has 1 saturated carbocycles. The van der Waals surface area contributed by atoms with E-state index < -0.39 is 6.04 Å². The number of aromatic nitrogens is 3. The number of nitrogens with one attached hydrogen (secondary N) is 1. The lowest BCUT2D eigenvalue weighted by Gasteiger charge is -2.22. The molecule has 0 bridgehead atoms. The molecule has 1 N–H and O–H groups in total. The molecule has 144 valence electrons. The van der Waals surface area contributed by atoms with Crippen LogP contribution in [0.1, 0.15) is 53.7 Å². The number of hydrogen-bond acceptors (Lipinski definition) is 5. The third kappa shape index (κ3) is 2.85.